The lowest BCUT2D eigenvalue weighted by Gasteiger charge is -2.55. The molecule has 2 heterocycles. The maximum Gasteiger partial charge on any atom is 0.154 e. The topological polar surface area (TPSA) is 0 Å². The molecule has 4 heteroatoms. The summed E-state index contributed by atoms with van der Waals surface area (Å²) in [5.41, 5.74) is 10.8. The second-order valence-corrected chi connectivity index (χ2v) is 35.4. The quantitative estimate of drug-likeness (QED) is 0.0844. The summed E-state index contributed by atoms with van der Waals surface area (Å²) in [7, 11) is -4.67. The summed E-state index contributed by atoms with van der Waals surface area (Å²) in [4.78, 5) is 0. The largest absolute Gasteiger partial charge is 0.154 e. The first kappa shape index (κ1) is 38.9. The summed E-state index contributed by atoms with van der Waals surface area (Å²) in [6.45, 7) is 44.0. The van der Waals surface area contributed by atoms with E-state index >= 15 is 0 Å². The van der Waals surface area contributed by atoms with Crippen molar-refractivity contribution in [3.05, 3.63) is 58.3 Å². The van der Waals surface area contributed by atoms with Crippen LogP contribution < -0.4 is 0 Å². The molecule has 0 spiro atoms. The third kappa shape index (κ3) is 5.95. The standard InChI is InChI=1S/C46H62S2Si2/c1-41(2,3)49(42(4,5)6,43(7,8)9)25-21-33-35-27-31-19-23-47-39(31)29-37(35)34(38-30-40-32(20-24-48-40)28-36(33)38)22-26-50(44(10,11)12,45(13,14)15)46(16,17)18/h19-20,23-24,27-30H,1-18H3. The first-order chi connectivity index (χ1) is 22.6. The Morgan fingerprint density at radius 1 is 0.400 bits per heavy atom. The minimum Gasteiger partial charge on any atom is -0.144 e. The molecule has 0 nitrogen and oxygen atoms in total. The number of hydrogen-bond acceptors (Lipinski definition) is 2. The fourth-order valence-corrected chi connectivity index (χ4v) is 29.6. The third-order valence-corrected chi connectivity index (χ3v) is 28.0. The molecule has 0 saturated carbocycles. The second kappa shape index (κ2) is 12.1. The summed E-state index contributed by atoms with van der Waals surface area (Å²) in [5, 5.41) is 12.5. The zero-order valence-corrected chi connectivity index (χ0v) is 38.1. The van der Waals surface area contributed by atoms with E-state index in [1.807, 2.05) is 22.7 Å². The van der Waals surface area contributed by atoms with Gasteiger partial charge in [-0.2, -0.15) is 0 Å². The van der Waals surface area contributed by atoms with E-state index in [1.54, 1.807) is 0 Å². The maximum atomic E-state index is 4.24. The van der Waals surface area contributed by atoms with Gasteiger partial charge in [0.1, 0.15) is 0 Å². The smallest absolute Gasteiger partial charge is 0.144 e. The van der Waals surface area contributed by atoms with Crippen molar-refractivity contribution in [1.29, 1.82) is 0 Å². The maximum absolute atomic E-state index is 4.24. The lowest BCUT2D eigenvalue weighted by Crippen LogP contribution is -2.57. The Morgan fingerprint density at radius 3 is 0.920 bits per heavy atom. The van der Waals surface area contributed by atoms with Gasteiger partial charge in [-0.25, -0.2) is 0 Å². The van der Waals surface area contributed by atoms with E-state index in [4.69, 9.17) is 0 Å². The van der Waals surface area contributed by atoms with E-state index in [2.05, 4.69) is 195 Å². The molecule has 0 saturated heterocycles. The SMILES string of the molecule is CC(C)(C)[Si](C#Cc1c2cc3ccsc3cc2c(C#C[Si](C(C)(C)C)(C(C)(C)C)C(C)(C)C)c2cc3sccc3cc12)(C(C)(C)C)C(C)(C)C. The zero-order valence-electron chi connectivity index (χ0n) is 34.4. The number of rotatable bonds is 0. The van der Waals surface area contributed by atoms with Crippen LogP contribution in [0.2, 0.25) is 30.2 Å². The van der Waals surface area contributed by atoms with E-state index in [-0.39, 0.29) is 30.2 Å². The first-order valence-electron chi connectivity index (χ1n) is 18.4. The van der Waals surface area contributed by atoms with Gasteiger partial charge in [-0.05, 0) is 98.9 Å². The van der Waals surface area contributed by atoms with Gasteiger partial charge in [-0.15, -0.1) is 33.8 Å². The number of thiophene rings is 2. The van der Waals surface area contributed by atoms with Crippen LogP contribution in [-0.2, 0) is 0 Å². The summed E-state index contributed by atoms with van der Waals surface area (Å²) in [6, 6.07) is 14.2. The van der Waals surface area contributed by atoms with E-state index in [0.29, 0.717) is 0 Å². The molecule has 266 valence electrons. The van der Waals surface area contributed by atoms with Crippen LogP contribution in [0.4, 0.5) is 0 Å². The van der Waals surface area contributed by atoms with Crippen LogP contribution in [0.1, 0.15) is 136 Å². The molecule has 2 aromatic heterocycles. The van der Waals surface area contributed by atoms with Gasteiger partial charge in [0.2, 0.25) is 0 Å². The van der Waals surface area contributed by atoms with Crippen LogP contribution in [0.25, 0.3) is 41.7 Å². The Bertz CT molecular complexity index is 1910. The zero-order chi connectivity index (χ0) is 37.7. The Hall–Kier alpha value is -2.35. The van der Waals surface area contributed by atoms with Crippen LogP contribution in [0, 0.1) is 22.9 Å². The van der Waals surface area contributed by atoms with Gasteiger partial charge in [-0.1, -0.05) is 136 Å². The third-order valence-electron chi connectivity index (χ3n) is 11.8. The lowest BCUT2D eigenvalue weighted by atomic mass is 9.91. The van der Waals surface area contributed by atoms with E-state index < -0.39 is 16.1 Å². The molecule has 0 N–H and O–H groups in total. The molecule has 0 aliphatic rings. The van der Waals surface area contributed by atoms with Crippen LogP contribution in [-0.4, -0.2) is 16.1 Å². The van der Waals surface area contributed by atoms with Gasteiger partial charge in [-0.3, -0.25) is 0 Å². The predicted molar refractivity (Wildman–Crippen MR) is 236 cm³/mol. The molecule has 3 aromatic carbocycles. The molecular weight excluding hydrogens is 673 g/mol. The van der Waals surface area contributed by atoms with Crippen LogP contribution in [0.3, 0.4) is 0 Å². The first-order valence-corrected chi connectivity index (χ1v) is 24.2. The van der Waals surface area contributed by atoms with Crippen molar-refractivity contribution >= 4 is 80.5 Å². The molecule has 0 aliphatic carbocycles. The number of benzene rings is 3. The van der Waals surface area contributed by atoms with Crippen LogP contribution >= 0.6 is 22.7 Å². The van der Waals surface area contributed by atoms with Crippen molar-refractivity contribution in [2.24, 2.45) is 0 Å². The summed E-state index contributed by atoms with van der Waals surface area (Å²) >= 11 is 3.65. The van der Waals surface area contributed by atoms with Gasteiger partial charge < -0.3 is 0 Å². The van der Waals surface area contributed by atoms with Crippen molar-refractivity contribution in [2.45, 2.75) is 155 Å². The molecule has 0 radical (unpaired) electrons. The fraction of sp³-hybridized carbons (Fsp3) is 0.522. The predicted octanol–water partition coefficient (Wildman–Crippen LogP) is 15.9. The van der Waals surface area contributed by atoms with Crippen molar-refractivity contribution in [3.63, 3.8) is 0 Å². The van der Waals surface area contributed by atoms with Gasteiger partial charge in [0.25, 0.3) is 0 Å². The molecule has 0 aliphatic heterocycles. The molecule has 5 aromatic rings. The van der Waals surface area contributed by atoms with Crippen molar-refractivity contribution < 1.29 is 0 Å². The van der Waals surface area contributed by atoms with E-state index in [0.717, 1.165) is 0 Å². The Kier molecular flexibility index (Phi) is 9.41. The molecule has 0 fully saturated rings. The van der Waals surface area contributed by atoms with Crippen molar-refractivity contribution in [2.75, 3.05) is 0 Å². The fourth-order valence-electron chi connectivity index (χ4n) is 11.6. The van der Waals surface area contributed by atoms with Gasteiger partial charge in [0.15, 0.2) is 16.1 Å². The van der Waals surface area contributed by atoms with Gasteiger partial charge in [0, 0.05) is 31.3 Å². The number of hydrogen-bond donors (Lipinski definition) is 0. The Labute approximate surface area is 314 Å². The highest BCUT2D eigenvalue weighted by atomic mass is 32.1. The molecule has 0 atom stereocenters. The van der Waals surface area contributed by atoms with Gasteiger partial charge in [0.05, 0.1) is 0 Å². The molecular formula is C46H62S2Si2. The average molecular weight is 735 g/mol. The highest BCUT2D eigenvalue weighted by Gasteiger charge is 2.60. The second-order valence-electron chi connectivity index (χ2n) is 21.0. The van der Waals surface area contributed by atoms with Crippen LogP contribution in [0.15, 0.2) is 47.2 Å². The lowest BCUT2D eigenvalue weighted by molar-refractivity contribution is 0.548. The minimum absolute atomic E-state index is 0.0790. The average Bonchev–Trinajstić information content (AvgIpc) is 3.56. The molecule has 0 unspecified atom stereocenters. The minimum atomic E-state index is -2.34. The summed E-state index contributed by atoms with van der Waals surface area (Å²) < 4.78 is 2.62. The molecule has 5 rings (SSSR count). The van der Waals surface area contributed by atoms with Crippen LogP contribution in [0.5, 0.6) is 0 Å². The normalized spacial score (nSPS) is 14.3. The summed E-state index contributed by atoms with van der Waals surface area (Å²) in [6.07, 6.45) is 0. The van der Waals surface area contributed by atoms with Crippen molar-refractivity contribution in [3.8, 4) is 22.9 Å². The molecule has 0 bridgehead atoms. The Balaban J connectivity index is 2.06. The highest BCUT2D eigenvalue weighted by Crippen LogP contribution is 2.63. The van der Waals surface area contributed by atoms with Gasteiger partial charge >= 0.3 is 0 Å². The number of fused-ring (bicyclic) bond motifs is 4. The molecule has 50 heavy (non-hydrogen) atoms. The van der Waals surface area contributed by atoms with E-state index in [9.17, 15) is 0 Å². The van der Waals surface area contributed by atoms with E-state index in [1.165, 1.54) is 52.8 Å². The Morgan fingerprint density at radius 2 is 0.660 bits per heavy atom. The van der Waals surface area contributed by atoms with Crippen molar-refractivity contribution in [1.82, 2.24) is 0 Å². The highest BCUT2D eigenvalue weighted by molar-refractivity contribution is 7.17. The summed E-state index contributed by atoms with van der Waals surface area (Å²) in [5.74, 6) is 8.12. The molecule has 0 amide bonds. The monoisotopic (exact) mass is 734 g/mol.